The molecule has 5 nitrogen and oxygen atoms in total. The lowest BCUT2D eigenvalue weighted by Gasteiger charge is -2.12. The molecule has 1 N–H and O–H groups in total. The predicted octanol–water partition coefficient (Wildman–Crippen LogP) is 2.59. The summed E-state index contributed by atoms with van der Waals surface area (Å²) in [6, 6.07) is 1.89. The van der Waals surface area contributed by atoms with Gasteiger partial charge < -0.3 is 4.74 Å². The number of carbonyl (C=O) groups excluding carboxylic acids is 1. The van der Waals surface area contributed by atoms with E-state index in [1.54, 1.807) is 13.8 Å². The Kier molecular flexibility index (Phi) is 5.82. The molecule has 0 saturated heterocycles. The summed E-state index contributed by atoms with van der Waals surface area (Å²) in [6.07, 6.45) is -5.17. The van der Waals surface area contributed by atoms with Crippen molar-refractivity contribution in [2.75, 3.05) is 6.54 Å². The van der Waals surface area contributed by atoms with Gasteiger partial charge in [-0.25, -0.2) is 8.42 Å². The van der Waals surface area contributed by atoms with Crippen molar-refractivity contribution in [3.05, 3.63) is 28.8 Å². The van der Waals surface area contributed by atoms with E-state index in [0.717, 1.165) is 6.07 Å². The molecule has 22 heavy (non-hydrogen) atoms. The van der Waals surface area contributed by atoms with Crippen LogP contribution in [0.1, 0.15) is 19.4 Å². The lowest BCUT2D eigenvalue weighted by molar-refractivity contribution is -0.145. The first-order valence-electron chi connectivity index (χ1n) is 5.99. The number of esters is 1. The quantitative estimate of drug-likeness (QED) is 0.820. The van der Waals surface area contributed by atoms with Gasteiger partial charge in [0.1, 0.15) is 11.4 Å². The number of rotatable bonds is 5. The second-order valence-corrected chi connectivity index (χ2v) is 6.65. The molecule has 0 bridgehead atoms. The first-order chi connectivity index (χ1) is 9.93. The predicted molar refractivity (Wildman–Crippen MR) is 72.9 cm³/mol. The molecule has 124 valence electrons. The van der Waals surface area contributed by atoms with Gasteiger partial charge in [0.2, 0.25) is 10.0 Å². The number of alkyl halides is 3. The zero-order valence-electron chi connectivity index (χ0n) is 11.6. The third-order valence-corrected chi connectivity index (χ3v) is 4.20. The van der Waals surface area contributed by atoms with Crippen LogP contribution < -0.4 is 4.72 Å². The Morgan fingerprint density at radius 3 is 2.45 bits per heavy atom. The minimum atomic E-state index is -4.72. The molecule has 0 unspecified atom stereocenters. The standard InChI is InChI=1S/C12H13ClF3NO4S/c1-7(2)21-11(18)6-17-22(19,20)10-5-8(12(14,15)16)3-4-9(10)13/h3-5,7,17H,6H2,1-2H3. The van der Waals surface area contributed by atoms with Crippen molar-refractivity contribution in [3.63, 3.8) is 0 Å². The zero-order valence-corrected chi connectivity index (χ0v) is 13.1. The lowest BCUT2D eigenvalue weighted by Crippen LogP contribution is -2.32. The number of hydrogen-bond donors (Lipinski definition) is 1. The maximum Gasteiger partial charge on any atom is 0.416 e. The van der Waals surface area contributed by atoms with Gasteiger partial charge in [0, 0.05) is 0 Å². The summed E-state index contributed by atoms with van der Waals surface area (Å²) in [5, 5.41) is -0.391. The summed E-state index contributed by atoms with van der Waals surface area (Å²) in [7, 11) is -4.39. The Morgan fingerprint density at radius 2 is 1.95 bits per heavy atom. The van der Waals surface area contributed by atoms with E-state index < -0.39 is 50.3 Å². The van der Waals surface area contributed by atoms with Crippen LogP contribution in [0.15, 0.2) is 23.1 Å². The number of carbonyl (C=O) groups is 1. The molecule has 1 aromatic carbocycles. The molecule has 0 amide bonds. The maximum absolute atomic E-state index is 12.6. The number of hydrogen-bond acceptors (Lipinski definition) is 4. The number of nitrogens with one attached hydrogen (secondary N) is 1. The van der Waals surface area contributed by atoms with Gasteiger partial charge in [0.25, 0.3) is 0 Å². The molecule has 0 aliphatic heterocycles. The van der Waals surface area contributed by atoms with Crippen molar-refractivity contribution >= 4 is 27.6 Å². The van der Waals surface area contributed by atoms with E-state index >= 15 is 0 Å². The Morgan fingerprint density at radius 1 is 1.36 bits per heavy atom. The highest BCUT2D eigenvalue weighted by atomic mass is 35.5. The third kappa shape index (κ3) is 5.15. The summed E-state index contributed by atoms with van der Waals surface area (Å²) in [4.78, 5) is 10.5. The molecule has 1 rings (SSSR count). The van der Waals surface area contributed by atoms with Crippen LogP contribution in [0, 0.1) is 0 Å². The van der Waals surface area contributed by atoms with Crippen molar-refractivity contribution < 1.29 is 31.1 Å². The van der Waals surface area contributed by atoms with Gasteiger partial charge in [0.15, 0.2) is 0 Å². The van der Waals surface area contributed by atoms with Crippen LogP contribution in [-0.2, 0) is 25.7 Å². The van der Waals surface area contributed by atoms with Crippen molar-refractivity contribution in [1.82, 2.24) is 4.72 Å². The van der Waals surface area contributed by atoms with Crippen LogP contribution >= 0.6 is 11.6 Å². The molecule has 0 spiro atoms. The fourth-order valence-corrected chi connectivity index (χ4v) is 2.91. The van der Waals surface area contributed by atoms with Crippen LogP contribution in [0.5, 0.6) is 0 Å². The van der Waals surface area contributed by atoms with E-state index in [0.29, 0.717) is 12.1 Å². The maximum atomic E-state index is 12.6. The summed E-state index contributed by atoms with van der Waals surface area (Å²) < 4.78 is 68.3. The molecular weight excluding hydrogens is 347 g/mol. The van der Waals surface area contributed by atoms with Crippen molar-refractivity contribution in [1.29, 1.82) is 0 Å². The average Bonchev–Trinajstić information content (AvgIpc) is 2.34. The topological polar surface area (TPSA) is 72.5 Å². The molecule has 10 heteroatoms. The van der Waals surface area contributed by atoms with E-state index in [9.17, 15) is 26.4 Å². The molecule has 0 aliphatic carbocycles. The summed E-state index contributed by atoms with van der Waals surface area (Å²) in [6.45, 7) is 2.42. The van der Waals surface area contributed by atoms with E-state index in [1.807, 2.05) is 4.72 Å². The normalized spacial score (nSPS) is 12.5. The zero-order chi connectivity index (χ0) is 17.1. The van der Waals surface area contributed by atoms with Crippen LogP contribution in [-0.4, -0.2) is 27.0 Å². The fourth-order valence-electron chi connectivity index (χ4n) is 1.42. The number of halogens is 4. The first kappa shape index (κ1) is 18.7. The molecule has 0 aliphatic rings. The van der Waals surface area contributed by atoms with E-state index in [2.05, 4.69) is 0 Å². The molecule has 0 aromatic heterocycles. The number of benzene rings is 1. The van der Waals surface area contributed by atoms with Crippen molar-refractivity contribution in [3.8, 4) is 0 Å². The molecule has 0 saturated carbocycles. The monoisotopic (exact) mass is 359 g/mol. The highest BCUT2D eigenvalue weighted by Crippen LogP contribution is 2.33. The first-order valence-corrected chi connectivity index (χ1v) is 7.85. The molecule has 0 heterocycles. The SMILES string of the molecule is CC(C)OC(=O)CNS(=O)(=O)c1cc(C(F)(F)F)ccc1Cl. The van der Waals surface area contributed by atoms with Gasteiger partial charge in [-0.2, -0.15) is 17.9 Å². The van der Waals surface area contributed by atoms with Crippen LogP contribution in [0.25, 0.3) is 0 Å². The lowest BCUT2D eigenvalue weighted by atomic mass is 10.2. The number of ether oxygens (including phenoxy) is 1. The van der Waals surface area contributed by atoms with Crippen LogP contribution in [0.2, 0.25) is 5.02 Å². The second-order valence-electron chi connectivity index (χ2n) is 4.51. The Bertz CT molecular complexity index is 659. The molecule has 0 fully saturated rings. The Hall–Kier alpha value is -1.32. The van der Waals surface area contributed by atoms with Gasteiger partial charge >= 0.3 is 12.1 Å². The van der Waals surface area contributed by atoms with Crippen molar-refractivity contribution in [2.24, 2.45) is 0 Å². The third-order valence-electron chi connectivity index (χ3n) is 2.32. The number of sulfonamides is 1. The Balaban J connectivity index is 3.00. The summed E-state index contributed by atoms with van der Waals surface area (Å²) >= 11 is 5.63. The molecule has 0 radical (unpaired) electrons. The highest BCUT2D eigenvalue weighted by Gasteiger charge is 2.32. The van der Waals surface area contributed by atoms with Gasteiger partial charge in [-0.1, -0.05) is 11.6 Å². The van der Waals surface area contributed by atoms with E-state index in [-0.39, 0.29) is 0 Å². The van der Waals surface area contributed by atoms with Crippen molar-refractivity contribution in [2.45, 2.75) is 31.0 Å². The van der Waals surface area contributed by atoms with Gasteiger partial charge in [-0.05, 0) is 32.0 Å². The average molecular weight is 360 g/mol. The minimum absolute atomic E-state index is 0.391. The largest absolute Gasteiger partial charge is 0.462 e. The summed E-state index contributed by atoms with van der Waals surface area (Å²) in [5.41, 5.74) is -1.16. The van der Waals surface area contributed by atoms with Crippen LogP contribution in [0.3, 0.4) is 0 Å². The van der Waals surface area contributed by atoms with E-state index in [4.69, 9.17) is 16.3 Å². The smallest absolute Gasteiger partial charge is 0.416 e. The summed E-state index contributed by atoms with van der Waals surface area (Å²) in [5.74, 6) is -0.860. The van der Waals surface area contributed by atoms with Gasteiger partial charge in [-0.15, -0.1) is 0 Å². The fraction of sp³-hybridized carbons (Fsp3) is 0.417. The molecular formula is C12H13ClF3NO4S. The van der Waals surface area contributed by atoms with Gasteiger partial charge in [-0.3, -0.25) is 4.79 Å². The molecule has 0 atom stereocenters. The minimum Gasteiger partial charge on any atom is -0.462 e. The molecule has 1 aromatic rings. The van der Waals surface area contributed by atoms with E-state index in [1.165, 1.54) is 0 Å². The van der Waals surface area contributed by atoms with Crippen LogP contribution in [0.4, 0.5) is 13.2 Å². The highest BCUT2D eigenvalue weighted by molar-refractivity contribution is 7.89. The van der Waals surface area contributed by atoms with Gasteiger partial charge in [0.05, 0.1) is 16.7 Å². The Labute approximate surface area is 130 Å². The second kappa shape index (κ2) is 6.84.